The van der Waals surface area contributed by atoms with E-state index in [0.29, 0.717) is 65.8 Å². The van der Waals surface area contributed by atoms with Crippen molar-refractivity contribution in [1.29, 1.82) is 0 Å². The number of carbonyl (C=O) groups excluding carboxylic acids is 2. The predicted molar refractivity (Wildman–Crippen MR) is 330 cm³/mol. The first-order valence-corrected chi connectivity index (χ1v) is 33.0. The Morgan fingerprint density at radius 2 is 1.06 bits per heavy atom. The first kappa shape index (κ1) is 66.3. The SMILES string of the molecule is C.C=C(C)[C@@H]1CC[C@]2(CO)CC[C@]3(C)[C@H](CC[C@@H]4[C@@]5(C)CC/C(=N/O)[C@](C)(CO)[C@@H]5CC[C@]43C)[C@@H]12.C=C(C)[C@@H]1CC[C@]2(COC3CCCCO3)CC[C@]3(C)[C@H](CC[C@@H]4[C@@]5(C)CCC(=NOC(C)=O)[C@](C)(COC(C)=O)[C@@H]5CC[C@]43C)[C@@H]12.CO. The molecule has 1 saturated heterocycles. The number of oxime groups is 2. The lowest BCUT2D eigenvalue weighted by atomic mass is 9.32. The van der Waals surface area contributed by atoms with Crippen LogP contribution in [-0.4, -0.2) is 90.3 Å². The molecule has 0 aromatic heterocycles. The molecule has 12 nitrogen and oxygen atoms in total. The standard InChI is InChI=1S/C39H61NO6.C30H49NO3.CH4O.CH4/c1-25(2)28-14-19-39(24-45-33-11-9-10-22-43-33)21-20-37(7)29(34(28)39)12-13-31-35(5)17-16-32(40-46-27(4)42)36(6,23-44-26(3)41)30(35)15-18-38(31,37)8;1-19(2)20-9-14-30(18-33)16-15-28(5)21(25(20)30)7-8-23-26(3)12-11-24(31-34)27(4,17-32)22(26)10-13-29(23,28)6;1-2;/h28-31,33-34H,1,9-24H2,2-8H3;20-23,25,32-34H,1,7-18H2,2-6H3;2H,1H3;1H4/b;31-24-;;/t28-,29+,30+,31+,33?,34+,35-,36+,37+,38+,39+;20-,21+,22+,23+,25+,26-,27+,28+,29+,30+;;/m00../s1. The smallest absolute Gasteiger partial charge is 0.331 e. The van der Waals surface area contributed by atoms with E-state index in [2.05, 4.69) is 92.7 Å². The van der Waals surface area contributed by atoms with Crippen molar-refractivity contribution in [2.24, 2.45) is 124 Å². The summed E-state index contributed by atoms with van der Waals surface area (Å²) in [5.41, 5.74) is 4.99. The largest absolute Gasteiger partial charge is 0.465 e. The summed E-state index contributed by atoms with van der Waals surface area (Å²) in [6.45, 7) is 38.7. The zero-order valence-corrected chi connectivity index (χ0v) is 53.7. The Kier molecular flexibility index (Phi) is 19.2. The van der Waals surface area contributed by atoms with Gasteiger partial charge in [0.2, 0.25) is 0 Å². The maximum Gasteiger partial charge on any atom is 0.331 e. The van der Waals surface area contributed by atoms with Crippen molar-refractivity contribution < 1.29 is 49.2 Å². The number of aliphatic hydroxyl groups excluding tert-OH is 3. The Labute approximate surface area is 503 Å². The summed E-state index contributed by atoms with van der Waals surface area (Å²) in [6, 6.07) is 0. The lowest BCUT2D eigenvalue weighted by molar-refractivity contribution is -0.244. The van der Waals surface area contributed by atoms with Crippen molar-refractivity contribution in [2.75, 3.05) is 40.1 Å². The summed E-state index contributed by atoms with van der Waals surface area (Å²) in [5.74, 6) is 4.76. The molecule has 11 fully saturated rings. The van der Waals surface area contributed by atoms with Crippen LogP contribution in [-0.2, 0) is 28.6 Å². The van der Waals surface area contributed by atoms with Gasteiger partial charge in [-0.1, -0.05) is 97.4 Å². The van der Waals surface area contributed by atoms with E-state index in [1.807, 2.05) is 0 Å². The van der Waals surface area contributed by atoms with Crippen LogP contribution in [0.15, 0.2) is 34.6 Å². The maximum absolute atomic E-state index is 12.1. The summed E-state index contributed by atoms with van der Waals surface area (Å²) in [7, 11) is 1.00. The Morgan fingerprint density at radius 3 is 1.53 bits per heavy atom. The highest BCUT2D eigenvalue weighted by atomic mass is 16.7. The van der Waals surface area contributed by atoms with E-state index >= 15 is 0 Å². The number of hydrogen-bond donors (Lipinski definition) is 4. The van der Waals surface area contributed by atoms with Gasteiger partial charge in [-0.25, -0.2) is 4.79 Å². The highest BCUT2D eigenvalue weighted by Crippen LogP contribution is 2.80. The molecule has 11 aliphatic rings. The fraction of sp³-hybridized carbons (Fsp3) is 0.887. The van der Waals surface area contributed by atoms with E-state index in [1.54, 1.807) is 0 Å². The topological polar surface area (TPSA) is 177 Å². The number of hydrogen-bond acceptors (Lipinski definition) is 12. The van der Waals surface area contributed by atoms with Gasteiger partial charge in [0, 0.05) is 45.0 Å². The molecule has 0 radical (unpaired) electrons. The summed E-state index contributed by atoms with van der Waals surface area (Å²) >= 11 is 0. The molecule has 0 bridgehead atoms. The summed E-state index contributed by atoms with van der Waals surface area (Å²) in [5, 5.41) is 46.0. The molecule has 83 heavy (non-hydrogen) atoms. The zero-order valence-electron chi connectivity index (χ0n) is 53.7. The van der Waals surface area contributed by atoms with Gasteiger partial charge in [0.15, 0.2) is 6.29 Å². The van der Waals surface area contributed by atoms with Gasteiger partial charge in [-0.3, -0.25) is 4.79 Å². The van der Waals surface area contributed by atoms with Crippen LogP contribution >= 0.6 is 0 Å². The minimum atomic E-state index is -0.468. The highest BCUT2D eigenvalue weighted by Gasteiger charge is 2.73. The van der Waals surface area contributed by atoms with Crippen molar-refractivity contribution >= 4 is 23.4 Å². The van der Waals surface area contributed by atoms with E-state index in [-0.39, 0.29) is 76.2 Å². The van der Waals surface area contributed by atoms with E-state index in [4.69, 9.17) is 24.2 Å². The van der Waals surface area contributed by atoms with Gasteiger partial charge in [-0.2, -0.15) is 0 Å². The van der Waals surface area contributed by atoms with Gasteiger partial charge in [-0.15, -0.1) is 0 Å². The Morgan fingerprint density at radius 1 is 0.554 bits per heavy atom. The predicted octanol–water partition coefficient (Wildman–Crippen LogP) is 15.3. The maximum atomic E-state index is 12.1. The fourth-order valence-electron chi connectivity index (χ4n) is 24.5. The molecule has 0 amide bonds. The molecule has 1 unspecified atom stereocenters. The molecule has 1 aliphatic heterocycles. The normalized spacial score (nSPS) is 49.3. The quantitative estimate of drug-likeness (QED) is 0.0541. The van der Waals surface area contributed by atoms with Crippen LogP contribution in [0.4, 0.5) is 0 Å². The molecule has 4 N–H and O–H groups in total. The molecular weight excluding hydrogens is 1040 g/mol. The van der Waals surface area contributed by atoms with Gasteiger partial charge >= 0.3 is 11.9 Å². The van der Waals surface area contributed by atoms with Crippen molar-refractivity contribution in [2.45, 2.75) is 244 Å². The molecule has 0 aromatic carbocycles. The fourth-order valence-corrected chi connectivity index (χ4v) is 24.5. The van der Waals surface area contributed by atoms with Gasteiger partial charge in [0.05, 0.1) is 24.6 Å². The van der Waals surface area contributed by atoms with E-state index in [9.17, 15) is 25.0 Å². The Bertz CT molecular complexity index is 2450. The van der Waals surface area contributed by atoms with Crippen LogP contribution < -0.4 is 0 Å². The molecular formula is C71H118N2O10. The number of ether oxygens (including phenoxy) is 3. The average molecular weight is 1160 g/mol. The average Bonchev–Trinajstić information content (AvgIpc) is 2.45. The summed E-state index contributed by atoms with van der Waals surface area (Å²) < 4.78 is 18.5. The summed E-state index contributed by atoms with van der Waals surface area (Å²) in [4.78, 5) is 29.1. The number of allylic oxidation sites excluding steroid dienone is 2. The second-order valence-corrected chi connectivity index (χ2v) is 31.8. The lowest BCUT2D eigenvalue weighted by Crippen LogP contribution is -2.67. The molecule has 12 heteroatoms. The number of carbonyl (C=O) groups is 2. The van der Waals surface area contributed by atoms with E-state index < -0.39 is 16.8 Å². The monoisotopic (exact) mass is 1160 g/mol. The molecule has 1 heterocycles. The van der Waals surface area contributed by atoms with Crippen LogP contribution in [0, 0.1) is 113 Å². The van der Waals surface area contributed by atoms with E-state index in [0.717, 1.165) is 102 Å². The van der Waals surface area contributed by atoms with Gasteiger partial charge in [0.1, 0.15) is 6.61 Å². The number of fused-ring (bicyclic) bond motifs is 14. The van der Waals surface area contributed by atoms with Gasteiger partial charge in [0.25, 0.3) is 0 Å². The third-order valence-electron chi connectivity index (χ3n) is 29.0. The Hall–Kier alpha value is -2.64. The second kappa shape index (κ2) is 24.0. The summed E-state index contributed by atoms with van der Waals surface area (Å²) in [6.07, 6.45) is 26.2. The van der Waals surface area contributed by atoms with Gasteiger partial charge in [-0.05, 0) is 264 Å². The van der Waals surface area contributed by atoms with Crippen molar-refractivity contribution in [1.82, 2.24) is 0 Å². The number of rotatable bonds is 10. The van der Waals surface area contributed by atoms with Crippen molar-refractivity contribution in [3.8, 4) is 0 Å². The second-order valence-electron chi connectivity index (χ2n) is 31.8. The first-order valence-electron chi connectivity index (χ1n) is 33.0. The Balaban J connectivity index is 0.000000217. The van der Waals surface area contributed by atoms with Crippen LogP contribution in [0.1, 0.15) is 238 Å². The highest BCUT2D eigenvalue weighted by molar-refractivity contribution is 5.92. The van der Waals surface area contributed by atoms with Crippen LogP contribution in [0.5, 0.6) is 0 Å². The van der Waals surface area contributed by atoms with Crippen LogP contribution in [0.2, 0.25) is 0 Å². The minimum Gasteiger partial charge on any atom is -0.465 e. The van der Waals surface area contributed by atoms with Gasteiger partial charge < -0.3 is 39.6 Å². The number of esters is 1. The molecule has 21 atom stereocenters. The molecule has 0 aromatic rings. The molecule has 472 valence electrons. The third-order valence-corrected chi connectivity index (χ3v) is 29.0. The lowest BCUT2D eigenvalue weighted by Gasteiger charge is -2.72. The number of nitrogens with zero attached hydrogens (tertiary/aromatic N) is 2. The minimum absolute atomic E-state index is 0. The number of aliphatic hydroxyl groups is 3. The van der Waals surface area contributed by atoms with Crippen molar-refractivity contribution in [3.63, 3.8) is 0 Å². The zero-order chi connectivity index (χ0) is 59.9. The third kappa shape index (κ3) is 10.1. The molecule has 0 spiro atoms. The van der Waals surface area contributed by atoms with Crippen molar-refractivity contribution in [3.05, 3.63) is 24.3 Å². The molecule has 10 aliphatic carbocycles. The first-order chi connectivity index (χ1) is 38.7. The van der Waals surface area contributed by atoms with Crippen LogP contribution in [0.3, 0.4) is 0 Å². The molecule has 11 rings (SSSR count). The molecule has 10 saturated carbocycles. The van der Waals surface area contributed by atoms with E-state index in [1.165, 1.54) is 102 Å². The van der Waals surface area contributed by atoms with Crippen LogP contribution in [0.25, 0.3) is 0 Å².